The lowest BCUT2D eigenvalue weighted by Crippen LogP contribution is -2.54. The van der Waals surface area contributed by atoms with Crippen LogP contribution in [0.15, 0.2) is 0 Å². The Morgan fingerprint density at radius 3 is 1.85 bits per heavy atom. The summed E-state index contributed by atoms with van der Waals surface area (Å²) in [7, 11) is 0. The van der Waals surface area contributed by atoms with Gasteiger partial charge >= 0.3 is 11.9 Å². The molecule has 3 atom stereocenters. The van der Waals surface area contributed by atoms with E-state index in [2.05, 4.69) is 10.6 Å². The van der Waals surface area contributed by atoms with E-state index in [1.807, 2.05) is 12.5 Å². The van der Waals surface area contributed by atoms with Crippen LogP contribution in [0.1, 0.15) is 25.7 Å². The van der Waals surface area contributed by atoms with E-state index in [9.17, 15) is 24.3 Å². The second-order valence-electron chi connectivity index (χ2n) is 5.56. The first kappa shape index (κ1) is 24.5. The normalized spacial score (nSPS) is 14.1. The van der Waals surface area contributed by atoms with Crippen LogP contribution in [0.3, 0.4) is 0 Å². The molecule has 3 unspecified atom stereocenters. The van der Waals surface area contributed by atoms with Gasteiger partial charge in [-0.1, -0.05) is 0 Å². The number of carboxylic acid groups (broad SMARTS) is 2. The highest BCUT2D eigenvalue weighted by molar-refractivity contribution is 7.98. The molecule has 0 bridgehead atoms. The summed E-state index contributed by atoms with van der Waals surface area (Å²) in [4.78, 5) is 46.3. The van der Waals surface area contributed by atoms with Crippen LogP contribution in [0.5, 0.6) is 0 Å². The number of thioether (sulfide) groups is 2. The smallest absolute Gasteiger partial charge is 0.326 e. The molecule has 2 amide bonds. The van der Waals surface area contributed by atoms with Gasteiger partial charge in [0.15, 0.2) is 0 Å². The van der Waals surface area contributed by atoms with E-state index in [-0.39, 0.29) is 19.3 Å². The highest BCUT2D eigenvalue weighted by atomic mass is 32.2. The van der Waals surface area contributed by atoms with E-state index in [0.717, 1.165) is 0 Å². The zero-order chi connectivity index (χ0) is 20.1. The fourth-order valence-corrected chi connectivity index (χ4v) is 2.90. The number of carbonyl (C=O) groups is 4. The highest BCUT2D eigenvalue weighted by Gasteiger charge is 2.27. The zero-order valence-corrected chi connectivity index (χ0v) is 16.5. The predicted molar refractivity (Wildman–Crippen MR) is 102 cm³/mol. The van der Waals surface area contributed by atoms with Crippen molar-refractivity contribution in [2.24, 2.45) is 5.73 Å². The second kappa shape index (κ2) is 13.7. The van der Waals surface area contributed by atoms with Crippen LogP contribution >= 0.6 is 23.5 Å². The Labute approximate surface area is 161 Å². The third-order valence-electron chi connectivity index (χ3n) is 3.47. The predicted octanol–water partition coefficient (Wildman–Crippen LogP) is -0.261. The Bertz CT molecular complexity index is 492. The molecule has 9 nitrogen and oxygen atoms in total. The summed E-state index contributed by atoms with van der Waals surface area (Å²) in [5, 5.41) is 22.8. The lowest BCUT2D eigenvalue weighted by atomic mass is 10.1. The average Bonchev–Trinajstić information content (AvgIpc) is 2.59. The number of hydrogen-bond acceptors (Lipinski definition) is 7. The molecule has 0 aromatic carbocycles. The van der Waals surface area contributed by atoms with Gasteiger partial charge in [0, 0.05) is 6.42 Å². The largest absolute Gasteiger partial charge is 0.481 e. The van der Waals surface area contributed by atoms with E-state index in [1.54, 1.807) is 0 Å². The first-order valence-corrected chi connectivity index (χ1v) is 10.8. The molecule has 0 aromatic rings. The Morgan fingerprint density at radius 2 is 1.38 bits per heavy atom. The van der Waals surface area contributed by atoms with E-state index < -0.39 is 41.9 Å². The van der Waals surface area contributed by atoms with Gasteiger partial charge in [-0.05, 0) is 43.3 Å². The molecule has 0 heterocycles. The number of carbonyl (C=O) groups excluding carboxylic acids is 2. The van der Waals surface area contributed by atoms with Gasteiger partial charge < -0.3 is 26.6 Å². The molecular formula is C15H27N3O6S2. The Hall–Kier alpha value is -1.46. The minimum absolute atomic E-state index is 0.0521. The summed E-state index contributed by atoms with van der Waals surface area (Å²) < 4.78 is 0. The van der Waals surface area contributed by atoms with Crippen molar-refractivity contribution in [1.82, 2.24) is 10.6 Å². The SMILES string of the molecule is CSCCC(NC(=O)C(CCSC)NC(=O)C(N)CCC(=O)O)C(=O)O. The maximum Gasteiger partial charge on any atom is 0.326 e. The van der Waals surface area contributed by atoms with Crippen molar-refractivity contribution in [3.63, 3.8) is 0 Å². The van der Waals surface area contributed by atoms with Gasteiger partial charge in [-0.3, -0.25) is 14.4 Å². The maximum absolute atomic E-state index is 12.4. The van der Waals surface area contributed by atoms with Gasteiger partial charge in [0.05, 0.1) is 6.04 Å². The number of carboxylic acids is 2. The first-order valence-electron chi connectivity index (χ1n) is 8.01. The molecule has 0 aliphatic rings. The molecule has 26 heavy (non-hydrogen) atoms. The van der Waals surface area contributed by atoms with Gasteiger partial charge in [-0.25, -0.2) is 4.79 Å². The minimum atomic E-state index is -1.14. The molecule has 0 saturated carbocycles. The van der Waals surface area contributed by atoms with Crippen LogP contribution in [0, 0.1) is 0 Å². The van der Waals surface area contributed by atoms with Gasteiger partial charge in [-0.2, -0.15) is 23.5 Å². The lowest BCUT2D eigenvalue weighted by Gasteiger charge is -2.22. The number of aliphatic carboxylic acids is 2. The number of nitrogens with one attached hydrogen (secondary N) is 2. The monoisotopic (exact) mass is 409 g/mol. The fourth-order valence-electron chi connectivity index (χ4n) is 1.96. The van der Waals surface area contributed by atoms with Crippen LogP contribution in [0.2, 0.25) is 0 Å². The van der Waals surface area contributed by atoms with Crippen LogP contribution < -0.4 is 16.4 Å². The van der Waals surface area contributed by atoms with E-state index >= 15 is 0 Å². The van der Waals surface area contributed by atoms with E-state index in [1.165, 1.54) is 23.5 Å². The highest BCUT2D eigenvalue weighted by Crippen LogP contribution is 2.06. The minimum Gasteiger partial charge on any atom is -0.481 e. The van der Waals surface area contributed by atoms with Gasteiger partial charge in [0.1, 0.15) is 12.1 Å². The van der Waals surface area contributed by atoms with Crippen LogP contribution in [-0.2, 0) is 19.2 Å². The number of nitrogens with two attached hydrogens (primary N) is 1. The van der Waals surface area contributed by atoms with Gasteiger partial charge in [0.25, 0.3) is 0 Å². The Morgan fingerprint density at radius 1 is 0.885 bits per heavy atom. The van der Waals surface area contributed by atoms with Crippen LogP contribution in [0.4, 0.5) is 0 Å². The molecule has 0 aliphatic carbocycles. The molecule has 0 spiro atoms. The summed E-state index contributed by atoms with van der Waals surface area (Å²) >= 11 is 2.94. The van der Waals surface area contributed by atoms with Crippen LogP contribution in [-0.4, -0.2) is 76.1 Å². The van der Waals surface area contributed by atoms with Crippen molar-refractivity contribution in [1.29, 1.82) is 0 Å². The van der Waals surface area contributed by atoms with Crippen molar-refractivity contribution in [3.8, 4) is 0 Å². The summed E-state index contributed by atoms with van der Waals surface area (Å²) in [6.07, 6.45) is 3.94. The van der Waals surface area contributed by atoms with Crippen molar-refractivity contribution in [2.45, 2.75) is 43.8 Å². The molecule has 0 aromatic heterocycles. The topological polar surface area (TPSA) is 159 Å². The first-order chi connectivity index (χ1) is 12.2. The Kier molecular flexibility index (Phi) is 12.9. The number of rotatable bonds is 14. The molecule has 6 N–H and O–H groups in total. The number of hydrogen-bond donors (Lipinski definition) is 5. The molecule has 0 fully saturated rings. The zero-order valence-electron chi connectivity index (χ0n) is 14.9. The molecule has 150 valence electrons. The summed E-state index contributed by atoms with van der Waals surface area (Å²) in [5.41, 5.74) is 5.65. The Balaban J connectivity index is 4.87. The molecule has 0 radical (unpaired) electrons. The third-order valence-corrected chi connectivity index (χ3v) is 4.76. The van der Waals surface area contributed by atoms with E-state index in [4.69, 9.17) is 10.8 Å². The van der Waals surface area contributed by atoms with Crippen molar-refractivity contribution < 1.29 is 29.4 Å². The second-order valence-corrected chi connectivity index (χ2v) is 7.53. The van der Waals surface area contributed by atoms with Crippen molar-refractivity contribution in [2.75, 3.05) is 24.0 Å². The van der Waals surface area contributed by atoms with Crippen LogP contribution in [0.25, 0.3) is 0 Å². The number of amides is 2. The molecular weight excluding hydrogens is 382 g/mol. The fraction of sp³-hybridized carbons (Fsp3) is 0.733. The summed E-state index contributed by atoms with van der Waals surface area (Å²) in [6.45, 7) is 0. The quantitative estimate of drug-likeness (QED) is 0.260. The van der Waals surface area contributed by atoms with Crippen molar-refractivity contribution >= 4 is 47.3 Å². The third kappa shape index (κ3) is 10.5. The molecule has 0 rings (SSSR count). The van der Waals surface area contributed by atoms with Crippen molar-refractivity contribution in [3.05, 3.63) is 0 Å². The molecule has 0 saturated heterocycles. The average molecular weight is 410 g/mol. The summed E-state index contributed by atoms with van der Waals surface area (Å²) in [6, 6.07) is -3.02. The summed E-state index contributed by atoms with van der Waals surface area (Å²) in [5.74, 6) is -2.29. The lowest BCUT2D eigenvalue weighted by molar-refractivity contribution is -0.142. The van der Waals surface area contributed by atoms with Gasteiger partial charge in [0.2, 0.25) is 11.8 Å². The molecule has 11 heteroatoms. The van der Waals surface area contributed by atoms with E-state index in [0.29, 0.717) is 17.9 Å². The van der Waals surface area contributed by atoms with Gasteiger partial charge in [-0.15, -0.1) is 0 Å². The maximum atomic E-state index is 12.4. The molecule has 0 aliphatic heterocycles. The standard InChI is InChI=1S/C15H27N3O6S2/c1-25-7-5-10(17-13(21)9(16)3-4-12(19)20)14(22)18-11(15(23)24)6-8-26-2/h9-11H,3-8,16H2,1-2H3,(H,17,21)(H,18,22)(H,19,20)(H,23,24).